The van der Waals surface area contributed by atoms with Gasteiger partial charge in [-0.25, -0.2) is 4.79 Å². The molecule has 1 amide bonds. The summed E-state index contributed by atoms with van der Waals surface area (Å²) in [6.45, 7) is 4.20. The van der Waals surface area contributed by atoms with Crippen LogP contribution in [0.5, 0.6) is 0 Å². The maximum atomic E-state index is 12.4. The second-order valence-electron chi connectivity index (χ2n) is 8.67. The van der Waals surface area contributed by atoms with Crippen molar-refractivity contribution in [2.45, 2.75) is 76.7 Å². The van der Waals surface area contributed by atoms with E-state index in [1.165, 1.54) is 11.3 Å². The molecule has 1 saturated heterocycles. The number of aliphatic hydroxyl groups is 2. The lowest BCUT2D eigenvalue weighted by Gasteiger charge is -2.27. The Bertz CT molecular complexity index is 881. The number of ether oxygens (including phenoxy) is 1. The lowest BCUT2D eigenvalue weighted by molar-refractivity contribution is -0.129. The van der Waals surface area contributed by atoms with E-state index < -0.39 is 12.2 Å². The number of amides is 1. The van der Waals surface area contributed by atoms with Gasteiger partial charge in [-0.15, -0.1) is 11.3 Å². The molecule has 3 atom stereocenters. The second-order valence-corrected chi connectivity index (χ2v) is 9.84. The Morgan fingerprint density at radius 2 is 1.97 bits per heavy atom. The molecule has 0 aliphatic carbocycles. The number of hydrogen-bond donors (Lipinski definition) is 2. The zero-order chi connectivity index (χ0) is 23.1. The summed E-state index contributed by atoms with van der Waals surface area (Å²) in [5.41, 5.74) is 1.08. The molecule has 1 aromatic heterocycles. The first-order valence-electron chi connectivity index (χ1n) is 11.3. The molecule has 6 nitrogen and oxygen atoms in total. The highest BCUT2D eigenvalue weighted by atomic mass is 32.1. The fourth-order valence-corrected chi connectivity index (χ4v) is 5.07. The Labute approximate surface area is 193 Å². The summed E-state index contributed by atoms with van der Waals surface area (Å²) in [7, 11) is 0. The minimum Gasteiger partial charge on any atom is -0.459 e. The molecule has 1 aromatic carbocycles. The van der Waals surface area contributed by atoms with Gasteiger partial charge in [-0.3, -0.25) is 4.79 Å². The Morgan fingerprint density at radius 3 is 2.69 bits per heavy atom. The fraction of sp³-hybridized carbons (Fsp3) is 0.520. The van der Waals surface area contributed by atoms with Crippen LogP contribution in [0.1, 0.15) is 59.6 Å². The van der Waals surface area contributed by atoms with Crippen molar-refractivity contribution in [3.63, 3.8) is 0 Å². The van der Waals surface area contributed by atoms with Crippen molar-refractivity contribution in [1.82, 2.24) is 4.90 Å². The number of likely N-dealkylation sites (tertiary alicyclic amines) is 1. The van der Waals surface area contributed by atoms with Gasteiger partial charge in [0.15, 0.2) is 0 Å². The highest BCUT2D eigenvalue weighted by Gasteiger charge is 2.38. The first-order valence-corrected chi connectivity index (χ1v) is 12.1. The van der Waals surface area contributed by atoms with E-state index in [-0.39, 0.29) is 30.4 Å². The summed E-state index contributed by atoms with van der Waals surface area (Å²) in [6.07, 6.45) is 1.98. The highest BCUT2D eigenvalue weighted by molar-refractivity contribution is 7.13. The predicted molar refractivity (Wildman–Crippen MR) is 125 cm³/mol. The lowest BCUT2D eigenvalue weighted by atomic mass is 9.99. The van der Waals surface area contributed by atoms with Crippen LogP contribution in [0.3, 0.4) is 0 Å². The van der Waals surface area contributed by atoms with Crippen LogP contribution >= 0.6 is 11.3 Å². The van der Waals surface area contributed by atoms with Crippen molar-refractivity contribution in [3.8, 4) is 0 Å². The van der Waals surface area contributed by atoms with Gasteiger partial charge in [-0.05, 0) is 63.6 Å². The molecule has 0 spiro atoms. The van der Waals surface area contributed by atoms with Gasteiger partial charge in [0.2, 0.25) is 5.91 Å². The van der Waals surface area contributed by atoms with Crippen molar-refractivity contribution in [2.75, 3.05) is 6.54 Å². The van der Waals surface area contributed by atoms with Crippen LogP contribution in [-0.2, 0) is 22.4 Å². The van der Waals surface area contributed by atoms with Crippen LogP contribution in [0, 0.1) is 0 Å². The number of rotatable bonds is 11. The molecule has 2 aromatic rings. The van der Waals surface area contributed by atoms with E-state index in [0.29, 0.717) is 30.7 Å². The molecule has 0 saturated carbocycles. The SMILES string of the molecule is CC(C)OC(=O)c1ccc(CCCN2C(=O)C[C@@H](O)[C@@H]2CC[C@H](O)Cc2ccccc2)s1. The molecule has 2 heterocycles. The Morgan fingerprint density at radius 1 is 1.22 bits per heavy atom. The Kier molecular flexibility index (Phi) is 8.84. The average molecular weight is 460 g/mol. The van der Waals surface area contributed by atoms with Crippen LogP contribution in [0.15, 0.2) is 42.5 Å². The molecule has 1 aliphatic heterocycles. The molecule has 0 radical (unpaired) electrons. The van der Waals surface area contributed by atoms with Gasteiger partial charge in [0.05, 0.1) is 30.8 Å². The van der Waals surface area contributed by atoms with Gasteiger partial charge < -0.3 is 19.8 Å². The van der Waals surface area contributed by atoms with Crippen LogP contribution in [0.4, 0.5) is 0 Å². The molecule has 32 heavy (non-hydrogen) atoms. The number of nitrogens with zero attached hydrogens (tertiary/aromatic N) is 1. The molecule has 174 valence electrons. The maximum Gasteiger partial charge on any atom is 0.348 e. The smallest absolute Gasteiger partial charge is 0.348 e. The molecule has 1 fully saturated rings. The van der Waals surface area contributed by atoms with Crippen LogP contribution in [0.25, 0.3) is 0 Å². The summed E-state index contributed by atoms with van der Waals surface area (Å²) in [4.78, 5) is 27.8. The zero-order valence-electron chi connectivity index (χ0n) is 18.8. The molecular formula is C25H33NO5S. The van der Waals surface area contributed by atoms with E-state index in [9.17, 15) is 19.8 Å². The minimum absolute atomic E-state index is 0.0348. The minimum atomic E-state index is -0.689. The van der Waals surface area contributed by atoms with Gasteiger partial charge in [0, 0.05) is 11.4 Å². The van der Waals surface area contributed by atoms with Crippen molar-refractivity contribution in [1.29, 1.82) is 0 Å². The average Bonchev–Trinajstić information content (AvgIpc) is 3.31. The molecule has 2 N–H and O–H groups in total. The fourth-order valence-electron chi connectivity index (χ4n) is 4.13. The monoisotopic (exact) mass is 459 g/mol. The predicted octanol–water partition coefficient (Wildman–Crippen LogP) is 3.59. The first kappa shape index (κ1) is 24.4. The van der Waals surface area contributed by atoms with E-state index in [4.69, 9.17) is 4.74 Å². The number of carbonyl (C=O) groups excluding carboxylic acids is 2. The molecule has 1 aliphatic rings. The molecular weight excluding hydrogens is 426 g/mol. The van der Waals surface area contributed by atoms with E-state index in [2.05, 4.69) is 0 Å². The van der Waals surface area contributed by atoms with Crippen molar-refractivity contribution >= 4 is 23.2 Å². The second kappa shape index (κ2) is 11.6. The zero-order valence-corrected chi connectivity index (χ0v) is 19.6. The first-order chi connectivity index (χ1) is 15.3. The quantitative estimate of drug-likeness (QED) is 0.502. The molecule has 7 heteroatoms. The largest absolute Gasteiger partial charge is 0.459 e. The van der Waals surface area contributed by atoms with Gasteiger partial charge in [0.25, 0.3) is 0 Å². The summed E-state index contributed by atoms with van der Waals surface area (Å²) in [5, 5.41) is 20.8. The van der Waals surface area contributed by atoms with Crippen LogP contribution in [0.2, 0.25) is 0 Å². The van der Waals surface area contributed by atoms with E-state index in [0.717, 1.165) is 23.3 Å². The van der Waals surface area contributed by atoms with Crippen LogP contribution in [-0.4, -0.2) is 57.9 Å². The van der Waals surface area contributed by atoms with Gasteiger partial charge in [-0.2, -0.15) is 0 Å². The Balaban J connectivity index is 1.47. The van der Waals surface area contributed by atoms with E-state index in [1.54, 1.807) is 11.0 Å². The van der Waals surface area contributed by atoms with Crippen molar-refractivity contribution < 1.29 is 24.5 Å². The topological polar surface area (TPSA) is 87.1 Å². The maximum absolute atomic E-state index is 12.4. The normalized spacial score (nSPS) is 19.5. The number of hydrogen-bond acceptors (Lipinski definition) is 6. The third kappa shape index (κ3) is 6.89. The molecule has 3 rings (SSSR count). The van der Waals surface area contributed by atoms with Gasteiger partial charge in [-0.1, -0.05) is 30.3 Å². The molecule has 0 unspecified atom stereocenters. The Hall–Kier alpha value is -2.22. The van der Waals surface area contributed by atoms with Gasteiger partial charge in [0.1, 0.15) is 4.88 Å². The summed E-state index contributed by atoms with van der Waals surface area (Å²) in [5.74, 6) is -0.337. The number of carbonyl (C=O) groups is 2. The number of benzene rings is 1. The van der Waals surface area contributed by atoms with E-state index in [1.807, 2.05) is 50.2 Å². The summed E-state index contributed by atoms with van der Waals surface area (Å²) >= 11 is 1.42. The van der Waals surface area contributed by atoms with Gasteiger partial charge >= 0.3 is 5.97 Å². The lowest BCUT2D eigenvalue weighted by Crippen LogP contribution is -2.38. The third-order valence-corrected chi connectivity index (χ3v) is 6.81. The summed E-state index contributed by atoms with van der Waals surface area (Å²) in [6, 6.07) is 13.3. The van der Waals surface area contributed by atoms with Crippen molar-refractivity contribution in [2.24, 2.45) is 0 Å². The highest BCUT2D eigenvalue weighted by Crippen LogP contribution is 2.26. The number of esters is 1. The van der Waals surface area contributed by atoms with E-state index >= 15 is 0 Å². The summed E-state index contributed by atoms with van der Waals surface area (Å²) < 4.78 is 5.23. The number of thiophene rings is 1. The third-order valence-electron chi connectivity index (χ3n) is 5.69. The molecule has 0 bridgehead atoms. The van der Waals surface area contributed by atoms with Crippen LogP contribution < -0.4 is 0 Å². The van der Waals surface area contributed by atoms with Crippen molar-refractivity contribution in [3.05, 3.63) is 57.8 Å². The number of aliphatic hydroxyl groups excluding tert-OH is 2. The number of aryl methyl sites for hydroxylation is 1. The standard InChI is InChI=1S/C25H33NO5S/c1-17(2)31-25(30)23-13-11-20(32-23)9-6-14-26-21(22(28)16-24(26)29)12-10-19(27)15-18-7-4-3-5-8-18/h3-5,7-8,11,13,17,19,21-22,27-28H,6,9-10,12,14-16H2,1-2H3/t19-,21-,22+/m0/s1.